The van der Waals surface area contributed by atoms with Gasteiger partial charge in [-0.15, -0.1) is 0 Å². The van der Waals surface area contributed by atoms with Crippen molar-refractivity contribution in [2.24, 2.45) is 5.92 Å². The van der Waals surface area contributed by atoms with Crippen LogP contribution in [0.5, 0.6) is 0 Å². The van der Waals surface area contributed by atoms with Gasteiger partial charge in [0.2, 0.25) is 0 Å². The molecule has 0 atom stereocenters. The molecular weight excluding hydrogens is 188 g/mol. The van der Waals surface area contributed by atoms with E-state index in [1.165, 1.54) is 45.2 Å². The lowest BCUT2D eigenvalue weighted by atomic mass is 9.84. The molecule has 1 saturated carbocycles. The number of aliphatic hydroxyl groups excluding tert-OH is 1. The second kappa shape index (κ2) is 5.28. The molecular formula is C12H24N2O. The largest absolute Gasteiger partial charge is 0.381 e. The summed E-state index contributed by atoms with van der Waals surface area (Å²) in [5, 5.41) is 9.42. The van der Waals surface area contributed by atoms with Crippen molar-refractivity contribution in [1.82, 2.24) is 9.80 Å². The van der Waals surface area contributed by atoms with Gasteiger partial charge in [0.15, 0.2) is 0 Å². The molecule has 1 aliphatic carbocycles. The number of hydrogen-bond donors (Lipinski definition) is 1. The summed E-state index contributed by atoms with van der Waals surface area (Å²) in [6.07, 6.45) is 6.61. The summed E-state index contributed by atoms with van der Waals surface area (Å²) in [6.45, 7) is 3.76. The smallest absolute Gasteiger partial charge is 0.0959 e. The average Bonchev–Trinajstić information content (AvgIpc) is 2.19. The van der Waals surface area contributed by atoms with E-state index in [4.69, 9.17) is 0 Å². The molecule has 2 rings (SSSR count). The van der Waals surface area contributed by atoms with Crippen LogP contribution in [-0.4, -0.2) is 54.4 Å². The number of likely N-dealkylation sites (tertiary alicyclic amines) is 1. The number of nitrogens with zero attached hydrogens (tertiary/aromatic N) is 2. The fourth-order valence-electron chi connectivity index (χ4n) is 2.69. The summed E-state index contributed by atoms with van der Waals surface area (Å²) >= 11 is 0. The summed E-state index contributed by atoms with van der Waals surface area (Å²) in [7, 11) is 2.19. The second-order valence-electron chi connectivity index (χ2n) is 5.24. The van der Waals surface area contributed by atoms with Gasteiger partial charge in [0.05, 0.1) is 6.73 Å². The molecule has 3 heteroatoms. The quantitative estimate of drug-likeness (QED) is 0.708. The van der Waals surface area contributed by atoms with Gasteiger partial charge in [-0.1, -0.05) is 6.42 Å². The van der Waals surface area contributed by atoms with E-state index in [1.807, 2.05) is 0 Å². The van der Waals surface area contributed by atoms with Crippen LogP contribution in [0, 0.1) is 5.92 Å². The van der Waals surface area contributed by atoms with Crippen LogP contribution in [0.2, 0.25) is 0 Å². The van der Waals surface area contributed by atoms with Gasteiger partial charge in [-0.2, -0.15) is 0 Å². The molecule has 0 aromatic rings. The maximum absolute atomic E-state index is 9.42. The molecule has 0 unspecified atom stereocenters. The van der Waals surface area contributed by atoms with Crippen LogP contribution >= 0.6 is 0 Å². The Kier molecular flexibility index (Phi) is 4.00. The molecule has 1 saturated heterocycles. The monoisotopic (exact) mass is 212 g/mol. The summed E-state index contributed by atoms with van der Waals surface area (Å²) in [5.74, 6) is 0.872. The molecule has 88 valence electrons. The van der Waals surface area contributed by atoms with Crippen LogP contribution in [0.4, 0.5) is 0 Å². The third kappa shape index (κ3) is 2.92. The van der Waals surface area contributed by atoms with Crippen LogP contribution in [0.15, 0.2) is 0 Å². The summed E-state index contributed by atoms with van der Waals surface area (Å²) in [5.41, 5.74) is 0. The second-order valence-corrected chi connectivity index (χ2v) is 5.24. The molecule has 0 aromatic heterocycles. The minimum atomic E-state index is 0.255. The third-order valence-electron chi connectivity index (χ3n) is 4.10. The molecule has 0 amide bonds. The zero-order chi connectivity index (χ0) is 10.7. The Labute approximate surface area is 93.1 Å². The molecule has 15 heavy (non-hydrogen) atoms. The minimum Gasteiger partial charge on any atom is -0.381 e. The Bertz CT molecular complexity index is 186. The van der Waals surface area contributed by atoms with E-state index in [9.17, 15) is 5.11 Å². The highest BCUT2D eigenvalue weighted by molar-refractivity contribution is 4.81. The predicted molar refractivity (Wildman–Crippen MR) is 61.7 cm³/mol. The maximum atomic E-state index is 9.42. The van der Waals surface area contributed by atoms with Crippen molar-refractivity contribution in [2.45, 2.75) is 38.1 Å². The Balaban J connectivity index is 1.77. The zero-order valence-corrected chi connectivity index (χ0v) is 9.86. The first-order chi connectivity index (χ1) is 7.29. The summed E-state index contributed by atoms with van der Waals surface area (Å²) in [6, 6.07) is 0.631. The number of hydrogen-bond acceptors (Lipinski definition) is 3. The molecule has 1 heterocycles. The lowest BCUT2D eigenvalue weighted by molar-refractivity contribution is 0.0174. The van der Waals surface area contributed by atoms with Crippen molar-refractivity contribution in [3.63, 3.8) is 0 Å². The van der Waals surface area contributed by atoms with Gasteiger partial charge in [-0.25, -0.2) is 0 Å². The summed E-state index contributed by atoms with van der Waals surface area (Å²) < 4.78 is 0. The van der Waals surface area contributed by atoms with Crippen LogP contribution in [0.25, 0.3) is 0 Å². The minimum absolute atomic E-state index is 0.255. The Morgan fingerprint density at radius 1 is 1.20 bits per heavy atom. The average molecular weight is 212 g/mol. The standard InChI is InChI=1S/C12H24N2O/c1-13-7-5-12(6-8-13)14(10-15)9-11-3-2-4-11/h11-12,15H,2-10H2,1H3. The number of piperidine rings is 1. The van der Waals surface area contributed by atoms with Gasteiger partial charge in [0, 0.05) is 12.6 Å². The van der Waals surface area contributed by atoms with Gasteiger partial charge in [0.25, 0.3) is 0 Å². The van der Waals surface area contributed by atoms with Gasteiger partial charge in [-0.3, -0.25) is 4.90 Å². The zero-order valence-electron chi connectivity index (χ0n) is 9.86. The van der Waals surface area contributed by atoms with Crippen molar-refractivity contribution in [1.29, 1.82) is 0 Å². The van der Waals surface area contributed by atoms with E-state index in [2.05, 4.69) is 16.8 Å². The fourth-order valence-corrected chi connectivity index (χ4v) is 2.69. The van der Waals surface area contributed by atoms with E-state index in [-0.39, 0.29) is 6.73 Å². The van der Waals surface area contributed by atoms with E-state index < -0.39 is 0 Å². The van der Waals surface area contributed by atoms with Gasteiger partial charge < -0.3 is 10.0 Å². The molecule has 2 fully saturated rings. The van der Waals surface area contributed by atoms with E-state index in [1.54, 1.807) is 0 Å². The van der Waals surface area contributed by atoms with Gasteiger partial charge in [-0.05, 0) is 51.7 Å². The highest BCUT2D eigenvalue weighted by Gasteiger charge is 2.26. The van der Waals surface area contributed by atoms with Crippen LogP contribution < -0.4 is 0 Å². The first kappa shape index (κ1) is 11.4. The molecule has 3 nitrogen and oxygen atoms in total. The molecule has 1 aliphatic heterocycles. The van der Waals surface area contributed by atoms with Crippen molar-refractivity contribution >= 4 is 0 Å². The molecule has 1 N–H and O–H groups in total. The van der Waals surface area contributed by atoms with Gasteiger partial charge >= 0.3 is 0 Å². The van der Waals surface area contributed by atoms with Crippen LogP contribution in [0.1, 0.15) is 32.1 Å². The molecule has 0 radical (unpaired) electrons. The lowest BCUT2D eigenvalue weighted by Gasteiger charge is -2.39. The summed E-state index contributed by atoms with van der Waals surface area (Å²) in [4.78, 5) is 4.69. The van der Waals surface area contributed by atoms with E-state index >= 15 is 0 Å². The van der Waals surface area contributed by atoms with Crippen LogP contribution in [-0.2, 0) is 0 Å². The fraction of sp³-hybridized carbons (Fsp3) is 1.00. The van der Waals surface area contributed by atoms with Crippen molar-refractivity contribution in [3.8, 4) is 0 Å². The first-order valence-corrected chi connectivity index (χ1v) is 6.33. The maximum Gasteiger partial charge on any atom is 0.0959 e. The predicted octanol–water partition coefficient (Wildman–Crippen LogP) is 1.13. The first-order valence-electron chi connectivity index (χ1n) is 6.33. The Hall–Kier alpha value is -0.120. The van der Waals surface area contributed by atoms with E-state index in [0.717, 1.165) is 12.5 Å². The highest BCUT2D eigenvalue weighted by atomic mass is 16.3. The normalized spacial score (nSPS) is 25.8. The molecule has 2 aliphatic rings. The number of aliphatic hydroxyl groups is 1. The third-order valence-corrected chi connectivity index (χ3v) is 4.10. The van der Waals surface area contributed by atoms with Crippen molar-refractivity contribution in [3.05, 3.63) is 0 Å². The lowest BCUT2D eigenvalue weighted by Crippen LogP contribution is -2.46. The molecule has 0 aromatic carbocycles. The van der Waals surface area contributed by atoms with Crippen LogP contribution in [0.3, 0.4) is 0 Å². The SMILES string of the molecule is CN1CCC(N(CO)CC2CCC2)CC1. The van der Waals surface area contributed by atoms with Crippen molar-refractivity contribution < 1.29 is 5.11 Å². The molecule has 0 spiro atoms. The Morgan fingerprint density at radius 2 is 1.87 bits per heavy atom. The highest BCUT2D eigenvalue weighted by Crippen LogP contribution is 2.28. The van der Waals surface area contributed by atoms with Gasteiger partial charge in [0.1, 0.15) is 0 Å². The number of rotatable bonds is 4. The topological polar surface area (TPSA) is 26.7 Å². The van der Waals surface area contributed by atoms with Crippen molar-refractivity contribution in [2.75, 3.05) is 33.4 Å². The molecule has 0 bridgehead atoms. The van der Waals surface area contributed by atoms with E-state index in [0.29, 0.717) is 6.04 Å². The Morgan fingerprint density at radius 3 is 2.33 bits per heavy atom.